The summed E-state index contributed by atoms with van der Waals surface area (Å²) in [7, 11) is 0.385. The summed E-state index contributed by atoms with van der Waals surface area (Å²) in [6.45, 7) is 3.20. The van der Waals surface area contributed by atoms with Gasteiger partial charge in [-0.2, -0.15) is 0 Å². The van der Waals surface area contributed by atoms with Crippen LogP contribution in [-0.2, 0) is 14.8 Å². The van der Waals surface area contributed by atoms with Crippen LogP contribution < -0.4 is 9.62 Å². The van der Waals surface area contributed by atoms with E-state index < -0.39 is 16.1 Å². The van der Waals surface area contributed by atoms with Crippen molar-refractivity contribution in [2.45, 2.75) is 25.8 Å². The number of carbonyl (C=O) groups is 1. The Hall–Kier alpha value is -1.60. The van der Waals surface area contributed by atoms with Gasteiger partial charge in [-0.3, -0.25) is 9.10 Å². The molecule has 0 saturated carbocycles. The number of nitrogens with one attached hydrogen (secondary N) is 1. The van der Waals surface area contributed by atoms with Crippen LogP contribution in [0.15, 0.2) is 30.3 Å². The Labute approximate surface area is 139 Å². The Bertz CT molecular complexity index is 588. The van der Waals surface area contributed by atoms with Crippen molar-refractivity contribution >= 4 is 21.6 Å². The van der Waals surface area contributed by atoms with E-state index in [0.29, 0.717) is 18.7 Å². The van der Waals surface area contributed by atoms with Crippen molar-refractivity contribution in [3.63, 3.8) is 0 Å². The van der Waals surface area contributed by atoms with Crippen molar-refractivity contribution < 1.29 is 13.2 Å². The number of carbonyl (C=O) groups excluding carboxylic acids is 1. The highest BCUT2D eigenvalue weighted by Gasteiger charge is 2.30. The molecule has 0 bridgehead atoms. The Morgan fingerprint density at radius 2 is 1.83 bits per heavy atom. The lowest BCUT2D eigenvalue weighted by Crippen LogP contribution is -2.49. The number of hydrogen-bond donors (Lipinski definition) is 1. The number of nitrogens with zero attached hydrogens (tertiary/aromatic N) is 2. The maximum absolute atomic E-state index is 12.4. The number of rotatable bonds is 9. The zero-order valence-corrected chi connectivity index (χ0v) is 15.1. The van der Waals surface area contributed by atoms with Gasteiger partial charge in [-0.25, -0.2) is 8.42 Å². The average Bonchev–Trinajstić information content (AvgIpc) is 2.48. The predicted molar refractivity (Wildman–Crippen MR) is 94.0 cm³/mol. The van der Waals surface area contributed by atoms with Crippen molar-refractivity contribution in [3.8, 4) is 0 Å². The van der Waals surface area contributed by atoms with Gasteiger partial charge in [-0.1, -0.05) is 25.1 Å². The molecule has 0 radical (unpaired) electrons. The summed E-state index contributed by atoms with van der Waals surface area (Å²) in [6, 6.07) is 7.98. The Balaban J connectivity index is 2.88. The molecular weight excluding hydrogens is 314 g/mol. The highest BCUT2D eigenvalue weighted by Crippen LogP contribution is 2.21. The topological polar surface area (TPSA) is 69.7 Å². The fraction of sp³-hybridized carbons (Fsp3) is 0.562. The number of hydrogen-bond acceptors (Lipinski definition) is 4. The zero-order valence-electron chi connectivity index (χ0n) is 14.3. The molecule has 0 aliphatic heterocycles. The molecular formula is C16H27N3O3S. The molecule has 0 saturated heterocycles. The molecule has 23 heavy (non-hydrogen) atoms. The summed E-state index contributed by atoms with van der Waals surface area (Å²) in [4.78, 5) is 14.5. The molecule has 0 fully saturated rings. The van der Waals surface area contributed by atoms with E-state index in [-0.39, 0.29) is 5.91 Å². The minimum atomic E-state index is -3.55. The standard InChI is InChI=1S/C16H27N3O3S/c1-5-15(16(20)17-12-9-13-18(2)3)19(23(4,21)22)14-10-7-6-8-11-14/h6-8,10-11,15H,5,9,12-13H2,1-4H3,(H,17,20)/t15-/m1/s1. The third kappa shape index (κ3) is 6.19. The summed E-state index contributed by atoms with van der Waals surface area (Å²) in [5.41, 5.74) is 0.505. The smallest absolute Gasteiger partial charge is 0.243 e. The van der Waals surface area contributed by atoms with E-state index in [1.165, 1.54) is 4.31 Å². The highest BCUT2D eigenvalue weighted by molar-refractivity contribution is 7.92. The first-order chi connectivity index (χ1) is 10.8. The average molecular weight is 341 g/mol. The lowest BCUT2D eigenvalue weighted by atomic mass is 10.2. The maximum Gasteiger partial charge on any atom is 0.243 e. The largest absolute Gasteiger partial charge is 0.354 e. The number of amides is 1. The zero-order chi connectivity index (χ0) is 17.5. The van der Waals surface area contributed by atoms with E-state index in [9.17, 15) is 13.2 Å². The van der Waals surface area contributed by atoms with Crippen LogP contribution in [0, 0.1) is 0 Å². The van der Waals surface area contributed by atoms with Crippen molar-refractivity contribution in [1.82, 2.24) is 10.2 Å². The van der Waals surface area contributed by atoms with Crippen LogP contribution in [0.5, 0.6) is 0 Å². The second kappa shape index (κ2) is 8.88. The molecule has 0 unspecified atom stereocenters. The van der Waals surface area contributed by atoms with E-state index in [0.717, 1.165) is 19.2 Å². The van der Waals surface area contributed by atoms with Crippen molar-refractivity contribution in [3.05, 3.63) is 30.3 Å². The van der Waals surface area contributed by atoms with Gasteiger partial charge >= 0.3 is 0 Å². The first-order valence-electron chi connectivity index (χ1n) is 7.74. The number of para-hydroxylation sites is 1. The first-order valence-corrected chi connectivity index (χ1v) is 9.59. The molecule has 0 heterocycles. The molecule has 0 aromatic heterocycles. The molecule has 130 valence electrons. The number of benzene rings is 1. The SMILES string of the molecule is CC[C@H](C(=O)NCCCN(C)C)N(c1ccccc1)S(C)(=O)=O. The first kappa shape index (κ1) is 19.4. The normalized spacial score (nSPS) is 12.9. The molecule has 0 aliphatic carbocycles. The van der Waals surface area contributed by atoms with E-state index in [2.05, 4.69) is 5.32 Å². The number of anilines is 1. The lowest BCUT2D eigenvalue weighted by Gasteiger charge is -2.30. The molecule has 0 spiro atoms. The van der Waals surface area contributed by atoms with E-state index in [4.69, 9.17) is 0 Å². The van der Waals surface area contributed by atoms with Crippen LogP contribution in [0.3, 0.4) is 0 Å². The fourth-order valence-electron chi connectivity index (χ4n) is 2.36. The molecule has 1 atom stereocenters. The summed E-state index contributed by atoms with van der Waals surface area (Å²) in [6.07, 6.45) is 2.35. The third-order valence-electron chi connectivity index (χ3n) is 3.42. The van der Waals surface area contributed by atoms with E-state index in [1.807, 2.05) is 32.0 Å². The van der Waals surface area contributed by atoms with Gasteiger partial charge in [0.25, 0.3) is 0 Å². The van der Waals surface area contributed by atoms with Gasteiger partial charge in [-0.05, 0) is 45.6 Å². The Morgan fingerprint density at radius 1 is 1.22 bits per heavy atom. The van der Waals surface area contributed by atoms with Crippen LogP contribution in [0.4, 0.5) is 5.69 Å². The molecule has 1 aromatic rings. The van der Waals surface area contributed by atoms with Crippen LogP contribution in [-0.4, -0.2) is 58.7 Å². The third-order valence-corrected chi connectivity index (χ3v) is 4.60. The molecule has 7 heteroatoms. The summed E-state index contributed by atoms with van der Waals surface area (Å²) in [5, 5.41) is 2.84. The van der Waals surface area contributed by atoms with Gasteiger partial charge in [0.15, 0.2) is 0 Å². The van der Waals surface area contributed by atoms with E-state index >= 15 is 0 Å². The lowest BCUT2D eigenvalue weighted by molar-refractivity contribution is -0.122. The molecule has 1 rings (SSSR count). The minimum Gasteiger partial charge on any atom is -0.354 e. The molecule has 1 amide bonds. The van der Waals surface area contributed by atoms with Crippen LogP contribution in [0.2, 0.25) is 0 Å². The molecule has 1 N–H and O–H groups in total. The van der Waals surface area contributed by atoms with Crippen LogP contribution in [0.1, 0.15) is 19.8 Å². The Morgan fingerprint density at radius 3 is 2.30 bits per heavy atom. The van der Waals surface area contributed by atoms with Crippen molar-refractivity contribution in [2.24, 2.45) is 0 Å². The van der Waals surface area contributed by atoms with Crippen LogP contribution in [0.25, 0.3) is 0 Å². The van der Waals surface area contributed by atoms with Gasteiger partial charge in [0.1, 0.15) is 6.04 Å². The Kier molecular flexibility index (Phi) is 7.51. The van der Waals surface area contributed by atoms with Gasteiger partial charge in [0.05, 0.1) is 11.9 Å². The highest BCUT2D eigenvalue weighted by atomic mass is 32.2. The second-order valence-corrected chi connectivity index (χ2v) is 7.63. The van der Waals surface area contributed by atoms with Gasteiger partial charge < -0.3 is 10.2 Å². The van der Waals surface area contributed by atoms with Gasteiger partial charge in [-0.15, -0.1) is 0 Å². The van der Waals surface area contributed by atoms with Crippen LogP contribution >= 0.6 is 0 Å². The van der Waals surface area contributed by atoms with Gasteiger partial charge in [0.2, 0.25) is 15.9 Å². The maximum atomic E-state index is 12.4. The second-order valence-electron chi connectivity index (χ2n) is 5.77. The predicted octanol–water partition coefficient (Wildman–Crippen LogP) is 1.30. The molecule has 6 nitrogen and oxygen atoms in total. The number of sulfonamides is 1. The van der Waals surface area contributed by atoms with E-state index in [1.54, 1.807) is 24.3 Å². The summed E-state index contributed by atoms with van der Waals surface area (Å²) >= 11 is 0. The summed E-state index contributed by atoms with van der Waals surface area (Å²) in [5.74, 6) is -0.263. The fourth-order valence-corrected chi connectivity index (χ4v) is 3.57. The van der Waals surface area contributed by atoms with Crippen molar-refractivity contribution in [1.29, 1.82) is 0 Å². The quantitative estimate of drug-likeness (QED) is 0.688. The van der Waals surface area contributed by atoms with Crippen molar-refractivity contribution in [2.75, 3.05) is 37.7 Å². The molecule has 0 aliphatic rings. The minimum absolute atomic E-state index is 0.263. The van der Waals surface area contributed by atoms with Gasteiger partial charge in [0, 0.05) is 6.54 Å². The summed E-state index contributed by atoms with van der Waals surface area (Å²) < 4.78 is 25.6. The monoisotopic (exact) mass is 341 g/mol. The molecule has 1 aromatic carbocycles.